The largest absolute Gasteiger partial charge is 0.0654 e. The summed E-state index contributed by atoms with van der Waals surface area (Å²) in [5.41, 5.74) is 3.16. The molecule has 0 saturated carbocycles. The van der Waals surface area contributed by atoms with Crippen LogP contribution in [0.5, 0.6) is 0 Å². The second kappa shape index (κ2) is 7.49. The molecular formula is C16H26. The smallest absolute Gasteiger partial charge is 0.0188 e. The predicted molar refractivity (Wildman–Crippen MR) is 73.0 cm³/mol. The van der Waals surface area contributed by atoms with Crippen molar-refractivity contribution < 1.29 is 0 Å². The Morgan fingerprint density at radius 3 is 2.44 bits per heavy atom. The van der Waals surface area contributed by atoms with Gasteiger partial charge in [0.05, 0.1) is 0 Å². The Hall–Kier alpha value is -0.780. The Labute approximate surface area is 101 Å². The van der Waals surface area contributed by atoms with E-state index in [2.05, 4.69) is 45.0 Å². The minimum Gasteiger partial charge on any atom is -0.0654 e. The highest BCUT2D eigenvalue weighted by Crippen LogP contribution is 2.25. The van der Waals surface area contributed by atoms with Gasteiger partial charge in [-0.25, -0.2) is 0 Å². The van der Waals surface area contributed by atoms with Crippen molar-refractivity contribution in [2.45, 2.75) is 65.2 Å². The molecule has 0 aliphatic carbocycles. The van der Waals surface area contributed by atoms with E-state index in [1.807, 2.05) is 0 Å². The number of unbranched alkanes of at least 4 members (excludes halogenated alkanes) is 2. The molecule has 16 heavy (non-hydrogen) atoms. The molecule has 0 aliphatic heterocycles. The summed E-state index contributed by atoms with van der Waals surface area (Å²) in [5, 5.41) is 0. The molecule has 0 heteroatoms. The van der Waals surface area contributed by atoms with Crippen LogP contribution in [0, 0.1) is 0 Å². The van der Waals surface area contributed by atoms with Gasteiger partial charge in [-0.1, -0.05) is 64.3 Å². The topological polar surface area (TPSA) is 0 Å². The van der Waals surface area contributed by atoms with E-state index in [-0.39, 0.29) is 0 Å². The van der Waals surface area contributed by atoms with Crippen molar-refractivity contribution in [3.8, 4) is 0 Å². The summed E-state index contributed by atoms with van der Waals surface area (Å²) in [7, 11) is 0. The summed E-state index contributed by atoms with van der Waals surface area (Å²) in [4.78, 5) is 0. The molecule has 0 aliphatic rings. The third-order valence-electron chi connectivity index (χ3n) is 3.36. The molecule has 1 unspecified atom stereocenters. The molecule has 0 bridgehead atoms. The molecule has 0 saturated heterocycles. The van der Waals surface area contributed by atoms with Crippen molar-refractivity contribution in [3.63, 3.8) is 0 Å². The predicted octanol–water partition coefficient (Wildman–Crippen LogP) is 5.32. The molecule has 0 nitrogen and oxygen atoms in total. The van der Waals surface area contributed by atoms with Crippen LogP contribution in [0.15, 0.2) is 24.3 Å². The molecule has 1 aromatic rings. The SMILES string of the molecule is CCCCCc1ccccc1C(C)CCC. The van der Waals surface area contributed by atoms with Crippen molar-refractivity contribution in [3.05, 3.63) is 35.4 Å². The molecule has 90 valence electrons. The molecule has 0 radical (unpaired) electrons. The number of rotatable bonds is 7. The highest BCUT2D eigenvalue weighted by atomic mass is 14.1. The molecule has 1 rings (SSSR count). The van der Waals surface area contributed by atoms with E-state index >= 15 is 0 Å². The van der Waals surface area contributed by atoms with Gasteiger partial charge in [-0.2, -0.15) is 0 Å². The molecule has 0 aromatic heterocycles. The fraction of sp³-hybridized carbons (Fsp3) is 0.625. The van der Waals surface area contributed by atoms with E-state index in [0.29, 0.717) is 0 Å². The normalized spacial score (nSPS) is 12.7. The van der Waals surface area contributed by atoms with Gasteiger partial charge in [0.25, 0.3) is 0 Å². The van der Waals surface area contributed by atoms with Gasteiger partial charge < -0.3 is 0 Å². The second-order valence-corrected chi connectivity index (χ2v) is 4.85. The number of hydrogen-bond acceptors (Lipinski definition) is 0. The molecule has 0 fully saturated rings. The average molecular weight is 218 g/mol. The summed E-state index contributed by atoms with van der Waals surface area (Å²) in [6, 6.07) is 9.01. The lowest BCUT2D eigenvalue weighted by atomic mass is 9.90. The van der Waals surface area contributed by atoms with Crippen molar-refractivity contribution in [1.82, 2.24) is 0 Å². The monoisotopic (exact) mass is 218 g/mol. The van der Waals surface area contributed by atoms with E-state index in [1.165, 1.54) is 38.5 Å². The third-order valence-corrected chi connectivity index (χ3v) is 3.36. The van der Waals surface area contributed by atoms with Crippen molar-refractivity contribution in [1.29, 1.82) is 0 Å². The first-order chi connectivity index (χ1) is 7.79. The van der Waals surface area contributed by atoms with Gasteiger partial charge in [-0.15, -0.1) is 0 Å². The van der Waals surface area contributed by atoms with E-state index in [4.69, 9.17) is 0 Å². The summed E-state index contributed by atoms with van der Waals surface area (Å²) >= 11 is 0. The van der Waals surface area contributed by atoms with Gasteiger partial charge in [0.15, 0.2) is 0 Å². The zero-order valence-corrected chi connectivity index (χ0v) is 11.1. The zero-order chi connectivity index (χ0) is 11.8. The van der Waals surface area contributed by atoms with Gasteiger partial charge in [0.1, 0.15) is 0 Å². The van der Waals surface area contributed by atoms with Crippen LogP contribution in [-0.4, -0.2) is 0 Å². The van der Waals surface area contributed by atoms with Crippen molar-refractivity contribution in [2.75, 3.05) is 0 Å². The van der Waals surface area contributed by atoms with Gasteiger partial charge in [0.2, 0.25) is 0 Å². The fourth-order valence-corrected chi connectivity index (χ4v) is 2.40. The highest BCUT2D eigenvalue weighted by molar-refractivity contribution is 5.30. The summed E-state index contributed by atoms with van der Waals surface area (Å²) in [6.45, 7) is 6.91. The summed E-state index contributed by atoms with van der Waals surface area (Å²) < 4.78 is 0. The van der Waals surface area contributed by atoms with E-state index in [9.17, 15) is 0 Å². The van der Waals surface area contributed by atoms with Crippen LogP contribution in [0.25, 0.3) is 0 Å². The van der Waals surface area contributed by atoms with E-state index in [1.54, 1.807) is 11.1 Å². The van der Waals surface area contributed by atoms with Crippen molar-refractivity contribution in [2.24, 2.45) is 0 Å². The number of benzene rings is 1. The Bertz CT molecular complexity index is 288. The molecule has 1 atom stereocenters. The lowest BCUT2D eigenvalue weighted by Gasteiger charge is -2.15. The molecule has 1 aromatic carbocycles. The Balaban J connectivity index is 2.67. The van der Waals surface area contributed by atoms with Gasteiger partial charge in [-0.05, 0) is 36.3 Å². The number of hydrogen-bond donors (Lipinski definition) is 0. The Morgan fingerprint density at radius 2 is 1.75 bits per heavy atom. The Kier molecular flexibility index (Phi) is 6.22. The van der Waals surface area contributed by atoms with Crippen LogP contribution in [0.2, 0.25) is 0 Å². The summed E-state index contributed by atoms with van der Waals surface area (Å²) in [6.07, 6.45) is 7.86. The lowest BCUT2D eigenvalue weighted by Crippen LogP contribution is -1.99. The Morgan fingerprint density at radius 1 is 1.00 bits per heavy atom. The minimum atomic E-state index is 0.725. The van der Waals surface area contributed by atoms with E-state index in [0.717, 1.165) is 5.92 Å². The van der Waals surface area contributed by atoms with Crippen LogP contribution in [0.3, 0.4) is 0 Å². The van der Waals surface area contributed by atoms with Crippen molar-refractivity contribution >= 4 is 0 Å². The maximum Gasteiger partial charge on any atom is -0.0188 e. The first-order valence-corrected chi connectivity index (χ1v) is 6.87. The third kappa shape index (κ3) is 4.00. The van der Waals surface area contributed by atoms with Crippen LogP contribution >= 0.6 is 0 Å². The van der Waals surface area contributed by atoms with Gasteiger partial charge >= 0.3 is 0 Å². The first-order valence-electron chi connectivity index (χ1n) is 6.87. The molecule has 0 spiro atoms. The maximum absolute atomic E-state index is 2.36. The molecule has 0 heterocycles. The van der Waals surface area contributed by atoms with Crippen LogP contribution in [-0.2, 0) is 6.42 Å². The van der Waals surface area contributed by atoms with Gasteiger partial charge in [0, 0.05) is 0 Å². The maximum atomic E-state index is 2.36. The summed E-state index contributed by atoms with van der Waals surface area (Å²) in [5.74, 6) is 0.725. The van der Waals surface area contributed by atoms with Gasteiger partial charge in [-0.3, -0.25) is 0 Å². The molecule has 0 N–H and O–H groups in total. The average Bonchev–Trinajstić information content (AvgIpc) is 2.30. The lowest BCUT2D eigenvalue weighted by molar-refractivity contribution is 0.648. The zero-order valence-electron chi connectivity index (χ0n) is 11.1. The highest BCUT2D eigenvalue weighted by Gasteiger charge is 2.08. The molecule has 0 amide bonds. The van der Waals surface area contributed by atoms with Crippen LogP contribution in [0.1, 0.15) is 69.9 Å². The van der Waals surface area contributed by atoms with Crippen LogP contribution in [0.4, 0.5) is 0 Å². The quantitative estimate of drug-likeness (QED) is 0.543. The minimum absolute atomic E-state index is 0.725. The second-order valence-electron chi connectivity index (χ2n) is 4.85. The van der Waals surface area contributed by atoms with Crippen LogP contribution < -0.4 is 0 Å². The van der Waals surface area contributed by atoms with E-state index < -0.39 is 0 Å². The first kappa shape index (κ1) is 13.3. The standard InChI is InChI=1S/C16H26/c1-4-6-7-11-15-12-8-9-13-16(15)14(3)10-5-2/h8-9,12-14H,4-7,10-11H2,1-3H3. The number of aryl methyl sites for hydroxylation is 1. The molecular weight excluding hydrogens is 192 g/mol. The fourth-order valence-electron chi connectivity index (χ4n) is 2.40.